The Hall–Kier alpha value is -0.840. The lowest BCUT2D eigenvalue weighted by Gasteiger charge is -2.26. The van der Waals surface area contributed by atoms with Crippen molar-refractivity contribution in [3.8, 4) is 0 Å². The maximum atomic E-state index is 12.4. The highest BCUT2D eigenvalue weighted by atomic mass is 35.5. The van der Waals surface area contributed by atoms with Gasteiger partial charge in [-0.2, -0.15) is 0 Å². The molecule has 6 heteroatoms. The van der Waals surface area contributed by atoms with Crippen molar-refractivity contribution in [2.45, 2.75) is 19.9 Å². The Bertz CT molecular complexity index is 477. The standard InChI is InChI=1S/C12H14Cl2N2OS/c1-7(2)16(6-11(15)18)12(17)9-5-8(13)3-4-10(9)14/h3-5,7H,6H2,1-2H3,(H2,15,18). The summed E-state index contributed by atoms with van der Waals surface area (Å²) < 4.78 is 0. The number of nitrogens with zero attached hydrogens (tertiary/aromatic N) is 1. The smallest absolute Gasteiger partial charge is 0.256 e. The van der Waals surface area contributed by atoms with Crippen molar-refractivity contribution in [1.29, 1.82) is 0 Å². The van der Waals surface area contributed by atoms with Crippen LogP contribution in [0, 0.1) is 0 Å². The summed E-state index contributed by atoms with van der Waals surface area (Å²) in [7, 11) is 0. The Morgan fingerprint density at radius 1 is 1.44 bits per heavy atom. The molecule has 1 rings (SSSR count). The molecule has 0 unspecified atom stereocenters. The van der Waals surface area contributed by atoms with Crippen LogP contribution in [0.3, 0.4) is 0 Å². The maximum Gasteiger partial charge on any atom is 0.256 e. The minimum absolute atomic E-state index is 0.0333. The van der Waals surface area contributed by atoms with E-state index in [4.69, 9.17) is 41.2 Å². The second-order valence-electron chi connectivity index (χ2n) is 4.12. The third kappa shape index (κ3) is 3.83. The van der Waals surface area contributed by atoms with E-state index < -0.39 is 0 Å². The van der Waals surface area contributed by atoms with Gasteiger partial charge in [-0.3, -0.25) is 4.79 Å². The summed E-state index contributed by atoms with van der Waals surface area (Å²) in [5.41, 5.74) is 5.85. The molecule has 1 aromatic carbocycles. The molecule has 0 atom stereocenters. The molecule has 0 spiro atoms. The summed E-state index contributed by atoms with van der Waals surface area (Å²) in [6, 6.07) is 4.74. The minimum Gasteiger partial charge on any atom is -0.392 e. The molecule has 0 fully saturated rings. The molecule has 0 aliphatic heterocycles. The third-order valence-electron chi connectivity index (χ3n) is 2.37. The van der Waals surface area contributed by atoms with Crippen LogP contribution < -0.4 is 5.73 Å². The SMILES string of the molecule is CC(C)N(CC(N)=S)C(=O)c1cc(Cl)ccc1Cl. The third-order valence-corrected chi connectivity index (χ3v) is 3.06. The van der Waals surface area contributed by atoms with Gasteiger partial charge in [-0.15, -0.1) is 0 Å². The molecule has 98 valence electrons. The number of thiocarbonyl (C=S) groups is 1. The molecular formula is C12H14Cl2N2OS. The molecule has 0 heterocycles. The minimum atomic E-state index is -0.231. The molecule has 0 aromatic heterocycles. The highest BCUT2D eigenvalue weighted by molar-refractivity contribution is 7.80. The highest BCUT2D eigenvalue weighted by Crippen LogP contribution is 2.22. The predicted octanol–water partition coefficient (Wildman–Crippen LogP) is 3.13. The van der Waals surface area contributed by atoms with Crippen molar-refractivity contribution in [3.05, 3.63) is 33.8 Å². The van der Waals surface area contributed by atoms with Crippen LogP contribution in [-0.2, 0) is 0 Å². The van der Waals surface area contributed by atoms with Crippen LogP contribution in [0.2, 0.25) is 10.0 Å². The number of rotatable bonds is 4. The molecule has 0 saturated heterocycles. The zero-order chi connectivity index (χ0) is 13.9. The molecule has 1 aromatic rings. The Morgan fingerprint density at radius 3 is 2.56 bits per heavy atom. The number of carbonyl (C=O) groups excluding carboxylic acids is 1. The Balaban J connectivity index is 3.09. The molecule has 0 aliphatic rings. The Morgan fingerprint density at radius 2 is 2.06 bits per heavy atom. The number of amides is 1. The van der Waals surface area contributed by atoms with Gasteiger partial charge in [0.2, 0.25) is 0 Å². The monoisotopic (exact) mass is 304 g/mol. The van der Waals surface area contributed by atoms with Gasteiger partial charge in [-0.05, 0) is 32.0 Å². The van der Waals surface area contributed by atoms with Gasteiger partial charge in [-0.1, -0.05) is 35.4 Å². The normalized spacial score (nSPS) is 10.5. The molecular weight excluding hydrogens is 291 g/mol. The molecule has 3 nitrogen and oxygen atoms in total. The van der Waals surface area contributed by atoms with Crippen molar-refractivity contribution in [1.82, 2.24) is 4.90 Å². The van der Waals surface area contributed by atoms with Crippen LogP contribution in [0.1, 0.15) is 24.2 Å². The largest absolute Gasteiger partial charge is 0.392 e. The fourth-order valence-electron chi connectivity index (χ4n) is 1.47. The summed E-state index contributed by atoms with van der Waals surface area (Å²) in [6.45, 7) is 3.98. The van der Waals surface area contributed by atoms with Crippen molar-refractivity contribution < 1.29 is 4.79 Å². The lowest BCUT2D eigenvalue weighted by atomic mass is 10.1. The van der Waals surface area contributed by atoms with Crippen LogP contribution in [-0.4, -0.2) is 28.4 Å². The Kier molecular flexibility index (Phi) is 5.38. The molecule has 1 amide bonds. The van der Waals surface area contributed by atoms with Crippen LogP contribution in [0.4, 0.5) is 0 Å². The van der Waals surface area contributed by atoms with E-state index in [9.17, 15) is 4.79 Å². The molecule has 0 radical (unpaired) electrons. The zero-order valence-electron chi connectivity index (χ0n) is 10.1. The summed E-state index contributed by atoms with van der Waals surface area (Å²) in [4.78, 5) is 14.2. The average molecular weight is 305 g/mol. The fourth-order valence-corrected chi connectivity index (χ4v) is 1.98. The highest BCUT2D eigenvalue weighted by Gasteiger charge is 2.21. The van der Waals surface area contributed by atoms with E-state index in [1.54, 1.807) is 23.1 Å². The summed E-state index contributed by atoms with van der Waals surface area (Å²) >= 11 is 16.7. The first kappa shape index (κ1) is 15.2. The number of carbonyl (C=O) groups is 1. The lowest BCUT2D eigenvalue weighted by Crippen LogP contribution is -2.42. The van der Waals surface area contributed by atoms with E-state index in [-0.39, 0.29) is 23.5 Å². The van der Waals surface area contributed by atoms with E-state index in [2.05, 4.69) is 0 Å². The van der Waals surface area contributed by atoms with Gasteiger partial charge in [0.05, 0.1) is 22.1 Å². The van der Waals surface area contributed by atoms with Crippen molar-refractivity contribution >= 4 is 46.3 Å². The summed E-state index contributed by atoms with van der Waals surface area (Å²) in [5.74, 6) is -0.231. The number of hydrogen-bond donors (Lipinski definition) is 1. The van der Waals surface area contributed by atoms with E-state index in [1.807, 2.05) is 13.8 Å². The molecule has 0 bridgehead atoms. The zero-order valence-corrected chi connectivity index (χ0v) is 12.4. The van der Waals surface area contributed by atoms with Gasteiger partial charge in [0, 0.05) is 11.1 Å². The molecule has 0 saturated carbocycles. The topological polar surface area (TPSA) is 46.3 Å². The first-order valence-corrected chi connectivity index (χ1v) is 6.53. The van der Waals surface area contributed by atoms with E-state index in [0.29, 0.717) is 15.6 Å². The van der Waals surface area contributed by atoms with Gasteiger partial charge in [0.15, 0.2) is 0 Å². The first-order valence-electron chi connectivity index (χ1n) is 5.37. The number of nitrogens with two attached hydrogens (primary N) is 1. The van der Waals surface area contributed by atoms with Crippen LogP contribution in [0.5, 0.6) is 0 Å². The van der Waals surface area contributed by atoms with E-state index in [1.165, 1.54) is 0 Å². The summed E-state index contributed by atoms with van der Waals surface area (Å²) in [6.07, 6.45) is 0. The van der Waals surface area contributed by atoms with Crippen LogP contribution >= 0.6 is 35.4 Å². The lowest BCUT2D eigenvalue weighted by molar-refractivity contribution is 0.0736. The van der Waals surface area contributed by atoms with Gasteiger partial charge >= 0.3 is 0 Å². The van der Waals surface area contributed by atoms with Crippen LogP contribution in [0.25, 0.3) is 0 Å². The van der Waals surface area contributed by atoms with Gasteiger partial charge < -0.3 is 10.6 Å². The first-order chi connectivity index (χ1) is 8.32. The van der Waals surface area contributed by atoms with Crippen molar-refractivity contribution in [2.75, 3.05) is 6.54 Å². The van der Waals surface area contributed by atoms with Crippen molar-refractivity contribution in [2.24, 2.45) is 5.73 Å². The second kappa shape index (κ2) is 6.36. The van der Waals surface area contributed by atoms with Crippen LogP contribution in [0.15, 0.2) is 18.2 Å². The number of halogens is 2. The second-order valence-corrected chi connectivity index (χ2v) is 5.49. The van der Waals surface area contributed by atoms with Crippen molar-refractivity contribution in [3.63, 3.8) is 0 Å². The molecule has 0 aliphatic carbocycles. The van der Waals surface area contributed by atoms with E-state index in [0.717, 1.165) is 0 Å². The van der Waals surface area contributed by atoms with Gasteiger partial charge in [-0.25, -0.2) is 0 Å². The maximum absolute atomic E-state index is 12.4. The van der Waals surface area contributed by atoms with Gasteiger partial charge in [0.25, 0.3) is 5.91 Å². The predicted molar refractivity (Wildman–Crippen MR) is 79.4 cm³/mol. The molecule has 18 heavy (non-hydrogen) atoms. The quantitative estimate of drug-likeness (QED) is 0.869. The van der Waals surface area contributed by atoms with Gasteiger partial charge in [0.1, 0.15) is 0 Å². The number of benzene rings is 1. The fraction of sp³-hybridized carbons (Fsp3) is 0.333. The van der Waals surface area contributed by atoms with E-state index >= 15 is 0 Å². The average Bonchev–Trinajstić information content (AvgIpc) is 2.27. The molecule has 2 N–H and O–H groups in total. The Labute approximate surface area is 122 Å². The number of hydrogen-bond acceptors (Lipinski definition) is 2. The summed E-state index contributed by atoms with van der Waals surface area (Å²) in [5, 5.41) is 0.819.